The summed E-state index contributed by atoms with van der Waals surface area (Å²) >= 11 is 0. The number of nitrogens with two attached hydrogens (primary N) is 5. The first-order valence-electron chi connectivity index (χ1n) is 18.8. The summed E-state index contributed by atoms with van der Waals surface area (Å²) in [4.78, 5) is 43.2. The number of hydrogen-bond donors (Lipinski definition) is 15. The second kappa shape index (κ2) is 18.7. The molecule has 0 spiro atoms. The molecule has 1 unspecified atom stereocenters. The molecular formula is C31H51N12O18P. The Labute approximate surface area is 349 Å². The smallest absolute Gasteiger partial charge is 0.394 e. The Morgan fingerprint density at radius 2 is 1.55 bits per heavy atom. The highest BCUT2D eigenvalue weighted by atomic mass is 31.2. The number of aldehydes is 1. The molecular weight excluding hydrogens is 859 g/mol. The highest BCUT2D eigenvalue weighted by molar-refractivity contribution is 7.47. The van der Waals surface area contributed by atoms with Crippen molar-refractivity contribution in [1.29, 1.82) is 0 Å². The molecule has 2 aromatic rings. The van der Waals surface area contributed by atoms with Crippen LogP contribution in [0.1, 0.15) is 13.2 Å². The molecule has 0 bridgehead atoms. The van der Waals surface area contributed by atoms with Crippen LogP contribution in [0.4, 0.5) is 5.82 Å². The number of aliphatic imine (C=N–C) groups is 2. The Balaban J connectivity index is 1.25. The van der Waals surface area contributed by atoms with E-state index in [1.165, 1.54) is 24.9 Å². The predicted molar refractivity (Wildman–Crippen MR) is 203 cm³/mol. The summed E-state index contributed by atoms with van der Waals surface area (Å²) in [5, 5.41) is 90.3. The molecule has 4 fully saturated rings. The first-order chi connectivity index (χ1) is 29.2. The van der Waals surface area contributed by atoms with Crippen molar-refractivity contribution >= 4 is 43.0 Å². The van der Waals surface area contributed by atoms with Crippen LogP contribution in [0.25, 0.3) is 11.2 Å². The number of imidazole rings is 1. The summed E-state index contributed by atoms with van der Waals surface area (Å²) in [6, 6.07) is -4.90. The number of aliphatic hydroxyl groups excluding tert-OH is 7. The van der Waals surface area contributed by atoms with Gasteiger partial charge in [-0.2, -0.15) is 0 Å². The van der Waals surface area contributed by atoms with E-state index >= 15 is 0 Å². The van der Waals surface area contributed by atoms with Crippen molar-refractivity contribution < 1.29 is 87.8 Å². The summed E-state index contributed by atoms with van der Waals surface area (Å²) in [5.74, 6) is -1.38. The fraction of sp³-hybridized carbons (Fsp3) is 0.742. The second-order valence-electron chi connectivity index (χ2n) is 14.9. The van der Waals surface area contributed by atoms with E-state index in [0.29, 0.717) is 0 Å². The number of phosphoric ester groups is 1. The van der Waals surface area contributed by atoms with Crippen molar-refractivity contribution in [1.82, 2.24) is 24.8 Å². The highest BCUT2D eigenvalue weighted by Crippen LogP contribution is 2.49. The van der Waals surface area contributed by atoms with Gasteiger partial charge in [0.05, 0.1) is 31.7 Å². The maximum atomic E-state index is 13.6. The number of aromatic nitrogens is 4. The molecule has 5 heterocycles. The van der Waals surface area contributed by atoms with Gasteiger partial charge in [-0.25, -0.2) is 29.5 Å². The third-order valence-corrected chi connectivity index (χ3v) is 12.0. The Morgan fingerprint density at radius 1 is 0.903 bits per heavy atom. The van der Waals surface area contributed by atoms with Gasteiger partial charge >= 0.3 is 7.82 Å². The van der Waals surface area contributed by atoms with Crippen LogP contribution in [0.2, 0.25) is 0 Å². The molecule has 1 aliphatic carbocycles. The summed E-state index contributed by atoms with van der Waals surface area (Å²) in [5.41, 5.74) is 26.1. The molecule has 0 amide bonds. The average molecular weight is 911 g/mol. The minimum Gasteiger partial charge on any atom is -0.394 e. The maximum absolute atomic E-state index is 13.6. The predicted octanol–water partition coefficient (Wildman–Crippen LogP) is -8.98. The van der Waals surface area contributed by atoms with Gasteiger partial charge in [0.2, 0.25) is 0 Å². The van der Waals surface area contributed by atoms with E-state index < -0.39 is 149 Å². The van der Waals surface area contributed by atoms with Gasteiger partial charge in [-0.1, -0.05) is 0 Å². The van der Waals surface area contributed by atoms with Crippen LogP contribution in [0.5, 0.6) is 0 Å². The molecule has 2 aromatic heterocycles. The van der Waals surface area contributed by atoms with Gasteiger partial charge in [-0.3, -0.25) is 18.4 Å². The maximum Gasteiger partial charge on any atom is 0.472 e. The Hall–Kier alpha value is -3.89. The van der Waals surface area contributed by atoms with Crippen LogP contribution in [0.3, 0.4) is 0 Å². The summed E-state index contributed by atoms with van der Waals surface area (Å²) < 4.78 is 54.5. The van der Waals surface area contributed by atoms with Crippen LogP contribution < -0.4 is 34.0 Å². The standard InChI is InChI=1S/C31H51N12O18P/c1-8-31(52,5-45)23(60-27-13(37-2)18(49)15(46)9(3-44)58-27)28(56-8)59-21-11(41-29(33)34)17(48)12(42-30(35)36)22(20(21)51)61-62(53,54)55-4-10-16(47)19(50)26(57-10)43-7-40-14-24(32)38-6-39-25(14)43/h5-13,15-23,26-28,37,44,46-52H,3-4H2,1-2H3,(H,53,54)(H2,32,38,39)(H4,33,34,41)(H4,35,36,42)/t8-,9-,10+,11-,12+,13-,15-,16+,17-,18-,19+,20-,21+,22-,23-,26+,27-,28-,31+/m0/s1. The quantitative estimate of drug-likeness (QED) is 0.0341. The van der Waals surface area contributed by atoms with Crippen molar-refractivity contribution in [2.24, 2.45) is 32.9 Å². The molecule has 0 aromatic carbocycles. The SMILES string of the molecule is CN[C@@H]1[C@H](O[C@H]2[C@H](O[C@H]3[C@H](O)[C@@H](OP(=O)(O)OC[C@H]4O[C@@H](n5cnc6c(N)ncnc65)[C@H](O)[C@@H]4O)[C@H](N=C(N)N)[C@@H](O)[C@@H]3N=C(N)N)O[C@@H](C)[C@]2(O)C=O)O[C@@H](CO)[C@H](O)[C@H]1O. The fourth-order valence-corrected chi connectivity index (χ4v) is 8.64. The van der Waals surface area contributed by atoms with E-state index in [4.69, 9.17) is 61.4 Å². The molecule has 20 N–H and O–H groups in total. The second-order valence-corrected chi connectivity index (χ2v) is 16.3. The zero-order valence-electron chi connectivity index (χ0n) is 32.8. The number of fused-ring (bicyclic) bond motifs is 1. The summed E-state index contributed by atoms with van der Waals surface area (Å²) in [7, 11) is -4.10. The number of carbonyl (C=O) groups excluding carboxylic acids is 1. The minimum absolute atomic E-state index is 0.0169. The van der Waals surface area contributed by atoms with Crippen LogP contribution in [-0.4, -0.2) is 213 Å². The molecule has 0 radical (unpaired) electrons. The van der Waals surface area contributed by atoms with Gasteiger partial charge in [0.25, 0.3) is 0 Å². The number of ether oxygens (including phenoxy) is 5. The van der Waals surface area contributed by atoms with E-state index in [0.717, 1.165) is 6.33 Å². The molecule has 30 nitrogen and oxygen atoms in total. The zero-order chi connectivity index (χ0) is 45.6. The molecule has 6 rings (SSSR count). The number of nitrogens with zero attached hydrogens (tertiary/aromatic N) is 6. The average Bonchev–Trinajstić information content (AvgIpc) is 3.85. The largest absolute Gasteiger partial charge is 0.472 e. The molecule has 1 saturated carbocycles. The molecule has 3 aliphatic heterocycles. The van der Waals surface area contributed by atoms with Crippen molar-refractivity contribution in [2.75, 3.05) is 26.0 Å². The first-order valence-corrected chi connectivity index (χ1v) is 20.3. The molecule has 4 aliphatic rings. The molecule has 348 valence electrons. The van der Waals surface area contributed by atoms with E-state index in [2.05, 4.69) is 30.3 Å². The lowest BCUT2D eigenvalue weighted by Gasteiger charge is -2.46. The number of anilines is 1. The van der Waals surface area contributed by atoms with Gasteiger partial charge in [0, 0.05) is 0 Å². The first kappa shape index (κ1) is 47.6. The van der Waals surface area contributed by atoms with E-state index in [1.807, 2.05) is 0 Å². The van der Waals surface area contributed by atoms with Crippen LogP contribution in [0, 0.1) is 0 Å². The molecule has 20 atom stereocenters. The number of phosphoric acid groups is 1. The van der Waals surface area contributed by atoms with Gasteiger partial charge in [0.1, 0.15) is 91.1 Å². The minimum atomic E-state index is -5.46. The summed E-state index contributed by atoms with van der Waals surface area (Å²) in [6.45, 7) is -0.481. The zero-order valence-corrected chi connectivity index (χ0v) is 33.6. The summed E-state index contributed by atoms with van der Waals surface area (Å²) in [6.07, 6.45) is -23.8. The lowest BCUT2D eigenvalue weighted by molar-refractivity contribution is -0.314. The van der Waals surface area contributed by atoms with Gasteiger partial charge in [-0.05, 0) is 14.0 Å². The number of guanidine groups is 2. The lowest BCUT2D eigenvalue weighted by Crippen LogP contribution is -2.67. The number of hydrogen-bond acceptors (Lipinski definition) is 24. The number of nitrogen functional groups attached to an aromatic ring is 1. The molecule has 3 saturated heterocycles. The van der Waals surface area contributed by atoms with Crippen LogP contribution in [-0.2, 0) is 42.1 Å². The van der Waals surface area contributed by atoms with Crippen LogP contribution >= 0.6 is 7.82 Å². The Bertz CT molecular complexity index is 2000. The third-order valence-electron chi connectivity index (χ3n) is 11.0. The molecule has 62 heavy (non-hydrogen) atoms. The topological polar surface area (TPSA) is 491 Å². The lowest BCUT2D eigenvalue weighted by atomic mass is 9.81. The van der Waals surface area contributed by atoms with E-state index in [-0.39, 0.29) is 23.3 Å². The molecule has 31 heteroatoms. The monoisotopic (exact) mass is 910 g/mol. The van der Waals surface area contributed by atoms with Gasteiger partial charge in [-0.15, -0.1) is 0 Å². The van der Waals surface area contributed by atoms with E-state index in [9.17, 15) is 55.1 Å². The highest BCUT2D eigenvalue weighted by Gasteiger charge is 2.62. The number of rotatable bonds is 15. The number of aliphatic hydroxyl groups is 8. The Kier molecular flexibility index (Phi) is 14.3. The number of nitrogens with one attached hydrogen (secondary N) is 1. The van der Waals surface area contributed by atoms with Crippen molar-refractivity contribution in [2.45, 2.75) is 123 Å². The van der Waals surface area contributed by atoms with Crippen molar-refractivity contribution in [3.05, 3.63) is 12.7 Å². The van der Waals surface area contributed by atoms with Crippen molar-refractivity contribution in [3.8, 4) is 0 Å². The Morgan fingerprint density at radius 3 is 2.16 bits per heavy atom. The van der Waals surface area contributed by atoms with Gasteiger partial charge in [0.15, 0.2) is 54.1 Å². The number of carbonyl (C=O) groups is 1. The number of likely N-dealkylation sites (N-methyl/N-ethyl adjacent to an activating group) is 1. The van der Waals surface area contributed by atoms with E-state index in [1.54, 1.807) is 0 Å². The van der Waals surface area contributed by atoms with Crippen molar-refractivity contribution in [3.63, 3.8) is 0 Å². The normalized spacial score (nSPS) is 42.0. The third kappa shape index (κ3) is 9.06. The van der Waals surface area contributed by atoms with Crippen LogP contribution in [0.15, 0.2) is 22.6 Å². The van der Waals surface area contributed by atoms with Gasteiger partial charge < -0.3 is 103 Å². The fourth-order valence-electron chi connectivity index (χ4n) is 7.69.